The highest BCUT2D eigenvalue weighted by Gasteiger charge is 2.07. The van der Waals surface area contributed by atoms with E-state index in [1.807, 2.05) is 18.3 Å². The molecule has 0 unspecified atom stereocenters. The lowest BCUT2D eigenvalue weighted by molar-refractivity contribution is 0.100. The summed E-state index contributed by atoms with van der Waals surface area (Å²) in [6, 6.07) is 8.90. The number of benzene rings is 1. The number of primary amides is 1. The van der Waals surface area contributed by atoms with Gasteiger partial charge in [0.1, 0.15) is 0 Å². The molecule has 2 aromatic rings. The van der Waals surface area contributed by atoms with Crippen molar-refractivity contribution in [3.63, 3.8) is 0 Å². The third-order valence-corrected chi connectivity index (χ3v) is 2.76. The van der Waals surface area contributed by atoms with Gasteiger partial charge in [0.15, 0.2) is 0 Å². The lowest BCUT2D eigenvalue weighted by Crippen LogP contribution is -2.15. The molecule has 19 heavy (non-hydrogen) atoms. The zero-order valence-corrected chi connectivity index (χ0v) is 10.5. The second kappa shape index (κ2) is 5.86. The van der Waals surface area contributed by atoms with Gasteiger partial charge in [0.2, 0.25) is 0 Å². The first-order chi connectivity index (χ1) is 9.16. The molecule has 2 rings (SSSR count). The number of anilines is 2. The molecule has 0 saturated heterocycles. The van der Waals surface area contributed by atoms with Gasteiger partial charge in [0.25, 0.3) is 5.91 Å². The summed E-state index contributed by atoms with van der Waals surface area (Å²) in [5, 5.41) is 3.18. The molecule has 1 amide bonds. The Kier molecular flexibility index (Phi) is 3.97. The number of carbonyl (C=O) groups excluding carboxylic acids is 1. The van der Waals surface area contributed by atoms with Crippen LogP contribution in [-0.2, 0) is 6.42 Å². The monoisotopic (exact) mass is 256 g/mol. The van der Waals surface area contributed by atoms with Gasteiger partial charge in [0.05, 0.1) is 5.56 Å². The molecule has 1 aromatic carbocycles. The molecule has 1 aromatic heterocycles. The van der Waals surface area contributed by atoms with Crippen molar-refractivity contribution >= 4 is 17.3 Å². The quantitative estimate of drug-likeness (QED) is 0.705. The van der Waals surface area contributed by atoms with Crippen LogP contribution in [0.25, 0.3) is 0 Å². The van der Waals surface area contributed by atoms with Crippen molar-refractivity contribution in [2.45, 2.75) is 6.42 Å². The SMILES string of the molecule is NC(=O)c1ccc(N)cc1NCCc1cccnc1. The lowest BCUT2D eigenvalue weighted by Gasteiger charge is -2.10. The zero-order chi connectivity index (χ0) is 13.7. The molecule has 1 heterocycles. The summed E-state index contributed by atoms with van der Waals surface area (Å²) in [7, 11) is 0. The summed E-state index contributed by atoms with van der Waals surface area (Å²) in [5.41, 5.74) is 13.9. The Morgan fingerprint density at radius 3 is 2.84 bits per heavy atom. The summed E-state index contributed by atoms with van der Waals surface area (Å²) < 4.78 is 0. The van der Waals surface area contributed by atoms with Crippen LogP contribution in [0.4, 0.5) is 11.4 Å². The van der Waals surface area contributed by atoms with E-state index in [2.05, 4.69) is 10.3 Å². The largest absolute Gasteiger partial charge is 0.399 e. The second-order valence-electron chi connectivity index (χ2n) is 4.21. The first-order valence-electron chi connectivity index (χ1n) is 5.99. The Morgan fingerprint density at radius 1 is 1.32 bits per heavy atom. The number of pyridine rings is 1. The topological polar surface area (TPSA) is 94.0 Å². The first-order valence-corrected chi connectivity index (χ1v) is 5.99. The van der Waals surface area contributed by atoms with Gasteiger partial charge in [0, 0.05) is 30.3 Å². The van der Waals surface area contributed by atoms with E-state index in [-0.39, 0.29) is 0 Å². The average Bonchev–Trinajstić information content (AvgIpc) is 2.39. The van der Waals surface area contributed by atoms with Gasteiger partial charge < -0.3 is 16.8 Å². The Balaban J connectivity index is 2.03. The van der Waals surface area contributed by atoms with Crippen molar-refractivity contribution in [1.82, 2.24) is 4.98 Å². The number of carbonyl (C=O) groups is 1. The van der Waals surface area contributed by atoms with Gasteiger partial charge in [-0.3, -0.25) is 9.78 Å². The van der Waals surface area contributed by atoms with Gasteiger partial charge in [-0.25, -0.2) is 0 Å². The number of nitrogen functional groups attached to an aromatic ring is 1. The fourth-order valence-electron chi connectivity index (χ4n) is 1.81. The van der Waals surface area contributed by atoms with E-state index < -0.39 is 5.91 Å². The third kappa shape index (κ3) is 3.45. The molecule has 5 N–H and O–H groups in total. The molecule has 0 radical (unpaired) electrons. The van der Waals surface area contributed by atoms with Crippen LogP contribution in [0.3, 0.4) is 0 Å². The van der Waals surface area contributed by atoms with Crippen LogP contribution in [0.5, 0.6) is 0 Å². The van der Waals surface area contributed by atoms with Crippen LogP contribution < -0.4 is 16.8 Å². The molecule has 0 atom stereocenters. The summed E-state index contributed by atoms with van der Waals surface area (Å²) in [6.45, 7) is 0.676. The smallest absolute Gasteiger partial charge is 0.250 e. The van der Waals surface area contributed by atoms with Gasteiger partial charge in [-0.05, 0) is 36.2 Å². The molecule has 0 spiro atoms. The van der Waals surface area contributed by atoms with Crippen molar-refractivity contribution < 1.29 is 4.79 Å². The van der Waals surface area contributed by atoms with Crippen LogP contribution in [0.1, 0.15) is 15.9 Å². The molecule has 0 bridgehead atoms. The van der Waals surface area contributed by atoms with Crippen LogP contribution in [-0.4, -0.2) is 17.4 Å². The first kappa shape index (κ1) is 12.9. The number of nitrogens with two attached hydrogens (primary N) is 2. The second-order valence-corrected chi connectivity index (χ2v) is 4.21. The third-order valence-electron chi connectivity index (χ3n) is 2.76. The summed E-state index contributed by atoms with van der Waals surface area (Å²) >= 11 is 0. The van der Waals surface area contributed by atoms with E-state index in [4.69, 9.17) is 11.5 Å². The lowest BCUT2D eigenvalue weighted by atomic mass is 10.1. The highest BCUT2D eigenvalue weighted by molar-refractivity contribution is 5.99. The molecule has 0 aliphatic heterocycles. The summed E-state index contributed by atoms with van der Waals surface area (Å²) in [5.74, 6) is -0.469. The van der Waals surface area contributed by atoms with Crippen LogP contribution in [0.2, 0.25) is 0 Å². The van der Waals surface area contributed by atoms with Gasteiger partial charge in [-0.1, -0.05) is 6.07 Å². The van der Waals surface area contributed by atoms with Gasteiger partial charge >= 0.3 is 0 Å². The summed E-state index contributed by atoms with van der Waals surface area (Å²) in [4.78, 5) is 15.3. The highest BCUT2D eigenvalue weighted by Crippen LogP contribution is 2.18. The number of amides is 1. The molecular weight excluding hydrogens is 240 g/mol. The van der Waals surface area contributed by atoms with Crippen LogP contribution >= 0.6 is 0 Å². The van der Waals surface area contributed by atoms with Gasteiger partial charge in [-0.15, -0.1) is 0 Å². The van der Waals surface area contributed by atoms with Crippen LogP contribution in [0, 0.1) is 0 Å². The Hall–Kier alpha value is -2.56. The molecule has 0 saturated carbocycles. The van der Waals surface area contributed by atoms with E-state index in [0.717, 1.165) is 12.0 Å². The minimum Gasteiger partial charge on any atom is -0.399 e. The zero-order valence-electron chi connectivity index (χ0n) is 10.5. The molecule has 98 valence electrons. The maximum absolute atomic E-state index is 11.3. The van der Waals surface area contributed by atoms with E-state index in [9.17, 15) is 4.79 Å². The number of aromatic nitrogens is 1. The molecule has 5 nitrogen and oxygen atoms in total. The van der Waals surface area contributed by atoms with E-state index >= 15 is 0 Å². The number of rotatable bonds is 5. The maximum Gasteiger partial charge on any atom is 0.250 e. The Bertz CT molecular complexity index is 569. The molecule has 0 aliphatic carbocycles. The molecule has 0 aliphatic rings. The van der Waals surface area contributed by atoms with Gasteiger partial charge in [-0.2, -0.15) is 0 Å². The normalized spacial score (nSPS) is 10.1. The maximum atomic E-state index is 11.3. The van der Waals surface area contributed by atoms with E-state index in [1.54, 1.807) is 24.4 Å². The van der Waals surface area contributed by atoms with E-state index in [0.29, 0.717) is 23.5 Å². The minimum absolute atomic E-state index is 0.445. The number of nitrogens with one attached hydrogen (secondary N) is 1. The predicted molar refractivity (Wildman–Crippen MR) is 75.8 cm³/mol. The number of hydrogen-bond donors (Lipinski definition) is 3. The number of hydrogen-bond acceptors (Lipinski definition) is 4. The standard InChI is InChI=1S/C14H16N4O/c15-11-3-4-12(14(16)19)13(8-11)18-7-5-10-2-1-6-17-9-10/h1-4,6,8-9,18H,5,7,15H2,(H2,16,19). The Labute approximate surface area is 111 Å². The van der Waals surface area contributed by atoms with Crippen LogP contribution in [0.15, 0.2) is 42.7 Å². The minimum atomic E-state index is -0.469. The van der Waals surface area contributed by atoms with Crippen molar-refractivity contribution in [3.05, 3.63) is 53.9 Å². The van der Waals surface area contributed by atoms with Crippen molar-refractivity contribution in [2.75, 3.05) is 17.6 Å². The van der Waals surface area contributed by atoms with Crippen molar-refractivity contribution in [3.8, 4) is 0 Å². The van der Waals surface area contributed by atoms with Crippen molar-refractivity contribution in [2.24, 2.45) is 5.73 Å². The fraction of sp³-hybridized carbons (Fsp3) is 0.143. The Morgan fingerprint density at radius 2 is 2.16 bits per heavy atom. The fourth-order valence-corrected chi connectivity index (χ4v) is 1.81. The predicted octanol–water partition coefficient (Wildman–Crippen LogP) is 1.42. The molecule has 5 heteroatoms. The highest BCUT2D eigenvalue weighted by atomic mass is 16.1. The molecular formula is C14H16N4O. The average molecular weight is 256 g/mol. The number of nitrogens with zero attached hydrogens (tertiary/aromatic N) is 1. The summed E-state index contributed by atoms with van der Waals surface area (Å²) in [6.07, 6.45) is 4.36. The van der Waals surface area contributed by atoms with E-state index in [1.165, 1.54) is 0 Å². The molecule has 0 fully saturated rings. The van der Waals surface area contributed by atoms with Crippen molar-refractivity contribution in [1.29, 1.82) is 0 Å².